The average Bonchev–Trinajstić information content (AvgIpc) is 3.09. The number of pyridine rings is 1. The molecule has 5 rings (SSSR count). The predicted molar refractivity (Wildman–Crippen MR) is 102 cm³/mol. The van der Waals surface area contributed by atoms with E-state index in [4.69, 9.17) is 5.26 Å². The number of fused-ring (bicyclic) bond motifs is 1. The summed E-state index contributed by atoms with van der Waals surface area (Å²) in [5, 5.41) is 12.4. The first-order valence-electron chi connectivity index (χ1n) is 9.71. The van der Waals surface area contributed by atoms with Crippen molar-refractivity contribution in [1.29, 1.82) is 5.26 Å². The Morgan fingerprint density at radius 3 is 2.73 bits per heavy atom. The van der Waals surface area contributed by atoms with Gasteiger partial charge in [-0.1, -0.05) is 12.1 Å². The Morgan fingerprint density at radius 2 is 2.00 bits per heavy atom. The van der Waals surface area contributed by atoms with Crippen molar-refractivity contribution in [3.8, 4) is 17.3 Å². The number of aryl methyl sites for hydroxylation is 1. The Balaban J connectivity index is 1.33. The number of piperidine rings is 1. The fourth-order valence-corrected chi connectivity index (χ4v) is 5.07. The van der Waals surface area contributed by atoms with E-state index in [1.165, 1.54) is 56.6 Å². The summed E-state index contributed by atoms with van der Waals surface area (Å²) in [7, 11) is 0. The highest BCUT2D eigenvalue weighted by Crippen LogP contribution is 2.47. The van der Waals surface area contributed by atoms with Crippen LogP contribution in [0.2, 0.25) is 0 Å². The summed E-state index contributed by atoms with van der Waals surface area (Å²) in [4.78, 5) is 7.15. The molecule has 4 nitrogen and oxygen atoms in total. The zero-order valence-electron chi connectivity index (χ0n) is 15.0. The summed E-state index contributed by atoms with van der Waals surface area (Å²) in [5.41, 5.74) is 6.32. The molecule has 2 fully saturated rings. The van der Waals surface area contributed by atoms with Crippen LogP contribution in [0.4, 0.5) is 0 Å². The van der Waals surface area contributed by atoms with Crippen LogP contribution in [0.25, 0.3) is 11.3 Å². The molecular formula is C22H24N4. The Hall–Kier alpha value is -2.22. The van der Waals surface area contributed by atoms with Crippen LogP contribution in [0.3, 0.4) is 0 Å². The number of hydrogen-bond donors (Lipinski definition) is 1. The van der Waals surface area contributed by atoms with E-state index >= 15 is 0 Å². The number of likely N-dealkylation sites (tertiary alicyclic amines) is 1. The van der Waals surface area contributed by atoms with E-state index in [2.05, 4.69) is 39.5 Å². The Labute approximate surface area is 154 Å². The van der Waals surface area contributed by atoms with E-state index in [1.54, 1.807) is 6.20 Å². The third-order valence-electron chi connectivity index (χ3n) is 6.56. The van der Waals surface area contributed by atoms with Crippen LogP contribution < -0.4 is 5.32 Å². The fraction of sp³-hybridized carbons (Fsp3) is 0.455. The molecular weight excluding hydrogens is 320 g/mol. The second kappa shape index (κ2) is 6.19. The van der Waals surface area contributed by atoms with Crippen LogP contribution in [0.15, 0.2) is 36.5 Å². The highest BCUT2D eigenvalue weighted by molar-refractivity contribution is 5.62. The number of nitrogens with one attached hydrogen (secondary N) is 1. The second-order valence-corrected chi connectivity index (χ2v) is 8.17. The van der Waals surface area contributed by atoms with Gasteiger partial charge in [0.25, 0.3) is 0 Å². The first kappa shape index (κ1) is 16.0. The molecule has 132 valence electrons. The van der Waals surface area contributed by atoms with Gasteiger partial charge in [-0.3, -0.25) is 9.88 Å². The van der Waals surface area contributed by atoms with Gasteiger partial charge >= 0.3 is 0 Å². The quantitative estimate of drug-likeness (QED) is 0.908. The molecule has 1 unspecified atom stereocenters. The highest BCUT2D eigenvalue weighted by Gasteiger charge is 2.46. The van der Waals surface area contributed by atoms with Crippen LogP contribution in [-0.2, 0) is 6.42 Å². The van der Waals surface area contributed by atoms with Gasteiger partial charge in [-0.2, -0.15) is 5.26 Å². The van der Waals surface area contributed by atoms with Crippen LogP contribution in [0, 0.1) is 16.7 Å². The zero-order chi connectivity index (χ0) is 17.6. The number of benzene rings is 1. The van der Waals surface area contributed by atoms with Gasteiger partial charge in [-0.25, -0.2) is 0 Å². The summed E-state index contributed by atoms with van der Waals surface area (Å²) in [6.07, 6.45) is 6.74. The van der Waals surface area contributed by atoms with Crippen molar-refractivity contribution in [1.82, 2.24) is 15.2 Å². The lowest BCUT2D eigenvalue weighted by atomic mass is 9.71. The maximum absolute atomic E-state index is 8.93. The van der Waals surface area contributed by atoms with E-state index < -0.39 is 0 Å². The Bertz CT molecular complexity index is 851. The maximum atomic E-state index is 8.93. The van der Waals surface area contributed by atoms with Gasteiger partial charge < -0.3 is 5.32 Å². The maximum Gasteiger partial charge on any atom is 0.101 e. The number of nitriles is 1. The van der Waals surface area contributed by atoms with Crippen molar-refractivity contribution in [3.05, 3.63) is 53.2 Å². The van der Waals surface area contributed by atoms with Gasteiger partial charge in [-0.15, -0.1) is 0 Å². The molecule has 2 aliphatic heterocycles. The molecule has 0 amide bonds. The minimum Gasteiger partial charge on any atom is -0.317 e. The number of nitrogens with zero attached hydrogens (tertiary/aromatic N) is 3. The summed E-state index contributed by atoms with van der Waals surface area (Å²) in [5.74, 6) is 0. The van der Waals surface area contributed by atoms with E-state index in [0.717, 1.165) is 17.7 Å². The van der Waals surface area contributed by atoms with Crippen molar-refractivity contribution < 1.29 is 0 Å². The highest BCUT2D eigenvalue weighted by atomic mass is 15.2. The van der Waals surface area contributed by atoms with Crippen LogP contribution in [0.5, 0.6) is 0 Å². The van der Waals surface area contributed by atoms with E-state index in [0.29, 0.717) is 17.0 Å². The van der Waals surface area contributed by atoms with Gasteiger partial charge in [-0.05, 0) is 73.5 Å². The van der Waals surface area contributed by atoms with E-state index in [1.807, 2.05) is 12.1 Å². The molecule has 1 atom stereocenters. The van der Waals surface area contributed by atoms with Crippen LogP contribution >= 0.6 is 0 Å². The third-order valence-corrected chi connectivity index (χ3v) is 6.56. The molecule has 1 spiro atoms. The van der Waals surface area contributed by atoms with Crippen molar-refractivity contribution in [2.24, 2.45) is 5.41 Å². The lowest BCUT2D eigenvalue weighted by Crippen LogP contribution is -2.60. The molecule has 3 heterocycles. The predicted octanol–water partition coefficient (Wildman–Crippen LogP) is 3.29. The number of rotatable bonds is 2. The van der Waals surface area contributed by atoms with Gasteiger partial charge in [0.05, 0.1) is 11.3 Å². The molecule has 26 heavy (non-hydrogen) atoms. The zero-order valence-corrected chi connectivity index (χ0v) is 15.0. The second-order valence-electron chi connectivity index (χ2n) is 8.17. The molecule has 1 aromatic carbocycles. The fourth-order valence-electron chi connectivity index (χ4n) is 5.07. The first-order valence-corrected chi connectivity index (χ1v) is 9.71. The molecule has 0 bridgehead atoms. The smallest absolute Gasteiger partial charge is 0.101 e. The minimum atomic E-state index is 0.598. The van der Waals surface area contributed by atoms with E-state index in [-0.39, 0.29) is 0 Å². The SMILES string of the molecule is N#Cc1ccc(-c2ccc3c(c2)CCC3N2CC3(CCNCC3)C2)nc1. The van der Waals surface area contributed by atoms with Crippen molar-refractivity contribution >= 4 is 0 Å². The Morgan fingerprint density at radius 1 is 1.15 bits per heavy atom. The summed E-state index contributed by atoms with van der Waals surface area (Å²) in [6, 6.07) is 13.4. The largest absolute Gasteiger partial charge is 0.317 e. The van der Waals surface area contributed by atoms with Gasteiger partial charge in [0.2, 0.25) is 0 Å². The van der Waals surface area contributed by atoms with E-state index in [9.17, 15) is 0 Å². The molecule has 4 heteroatoms. The average molecular weight is 344 g/mol. The molecule has 1 N–H and O–H groups in total. The molecule has 3 aliphatic rings. The molecule has 0 radical (unpaired) electrons. The van der Waals surface area contributed by atoms with Crippen molar-refractivity contribution in [3.63, 3.8) is 0 Å². The lowest BCUT2D eigenvalue weighted by molar-refractivity contribution is -0.0512. The normalized spacial score (nSPS) is 24.0. The number of hydrogen-bond acceptors (Lipinski definition) is 4. The van der Waals surface area contributed by atoms with Gasteiger partial charge in [0.1, 0.15) is 6.07 Å². The molecule has 1 aliphatic carbocycles. The minimum absolute atomic E-state index is 0.598. The first-order chi connectivity index (χ1) is 12.8. The number of aromatic nitrogens is 1. The topological polar surface area (TPSA) is 52.0 Å². The lowest BCUT2D eigenvalue weighted by Gasteiger charge is -2.55. The van der Waals surface area contributed by atoms with Crippen molar-refractivity contribution in [2.75, 3.05) is 26.2 Å². The van der Waals surface area contributed by atoms with Crippen LogP contribution in [-0.4, -0.2) is 36.1 Å². The third kappa shape index (κ3) is 2.63. The summed E-state index contributed by atoms with van der Waals surface area (Å²) < 4.78 is 0. The molecule has 2 saturated heterocycles. The van der Waals surface area contributed by atoms with Gasteiger partial charge in [0.15, 0.2) is 0 Å². The van der Waals surface area contributed by atoms with Gasteiger partial charge in [0, 0.05) is 30.9 Å². The van der Waals surface area contributed by atoms with Crippen molar-refractivity contribution in [2.45, 2.75) is 31.7 Å². The Kier molecular flexibility index (Phi) is 3.81. The summed E-state index contributed by atoms with van der Waals surface area (Å²) in [6.45, 7) is 4.93. The monoisotopic (exact) mass is 344 g/mol. The van der Waals surface area contributed by atoms with Crippen LogP contribution in [0.1, 0.15) is 42.0 Å². The summed E-state index contributed by atoms with van der Waals surface area (Å²) >= 11 is 0. The molecule has 0 saturated carbocycles. The molecule has 2 aromatic rings. The molecule has 1 aromatic heterocycles. The standard InChI is InChI=1S/C22H24N4/c23-12-16-1-5-20(25-13-16)18-2-4-19-17(11-18)3-6-21(19)26-14-22(15-26)7-9-24-10-8-22/h1-2,4-5,11,13,21,24H,3,6-10,14-15H2.